The summed E-state index contributed by atoms with van der Waals surface area (Å²) in [5.41, 5.74) is 1.52. The lowest BCUT2D eigenvalue weighted by molar-refractivity contribution is -0.135. The minimum Gasteiger partial charge on any atom is -0.497 e. The summed E-state index contributed by atoms with van der Waals surface area (Å²) in [6, 6.07) is 12.3. The van der Waals surface area contributed by atoms with Crippen LogP contribution in [0.2, 0.25) is 0 Å². The number of benzene rings is 2. The number of carbonyl (C=O) groups excluding carboxylic acids is 3. The molecule has 1 spiro atoms. The fraction of sp³-hybridized carbons (Fsp3) is 0.318. The molecule has 2 N–H and O–H groups in total. The highest BCUT2D eigenvalue weighted by atomic mass is 16.5. The van der Waals surface area contributed by atoms with Crippen LogP contribution in [0.25, 0.3) is 0 Å². The van der Waals surface area contributed by atoms with Crippen molar-refractivity contribution in [2.45, 2.75) is 24.9 Å². The van der Waals surface area contributed by atoms with Crippen LogP contribution in [-0.4, -0.2) is 43.5 Å². The molecule has 4 rings (SSSR count). The topological polar surface area (TPSA) is 97.0 Å². The molecule has 30 heavy (non-hydrogen) atoms. The van der Waals surface area contributed by atoms with Gasteiger partial charge in [-0.3, -0.25) is 14.5 Å². The molecule has 2 aromatic rings. The van der Waals surface area contributed by atoms with Crippen LogP contribution in [-0.2, 0) is 28.1 Å². The molecule has 0 saturated carbocycles. The van der Waals surface area contributed by atoms with Gasteiger partial charge in [0.1, 0.15) is 23.6 Å². The fourth-order valence-electron chi connectivity index (χ4n) is 4.15. The molecule has 0 radical (unpaired) electrons. The summed E-state index contributed by atoms with van der Waals surface area (Å²) in [5, 5.41) is 5.56. The van der Waals surface area contributed by atoms with Gasteiger partial charge in [0.2, 0.25) is 5.91 Å². The van der Waals surface area contributed by atoms with Crippen LogP contribution in [0.3, 0.4) is 0 Å². The number of rotatable bonds is 6. The quantitative estimate of drug-likeness (QED) is 0.708. The number of amides is 4. The predicted octanol–water partition coefficient (Wildman–Crippen LogP) is 1.71. The van der Waals surface area contributed by atoms with E-state index in [1.165, 1.54) is 0 Å². The molecule has 0 aromatic heterocycles. The molecule has 8 heteroatoms. The van der Waals surface area contributed by atoms with Gasteiger partial charge in [-0.05, 0) is 42.2 Å². The number of carbonyl (C=O) groups is 3. The van der Waals surface area contributed by atoms with Crippen LogP contribution >= 0.6 is 0 Å². The van der Waals surface area contributed by atoms with Gasteiger partial charge in [-0.25, -0.2) is 4.79 Å². The number of imide groups is 1. The Hall–Kier alpha value is -3.55. The third-order valence-corrected chi connectivity index (χ3v) is 5.69. The number of nitrogens with one attached hydrogen (secondary N) is 2. The highest BCUT2D eigenvalue weighted by Crippen LogP contribution is 2.41. The number of ether oxygens (including phenoxy) is 2. The first-order chi connectivity index (χ1) is 14.5. The van der Waals surface area contributed by atoms with Crippen LogP contribution in [0.4, 0.5) is 4.79 Å². The SMILES string of the molecule is COc1ccc(OC)c(CNC(=O)CN2C(=O)N[C@]3(CCc4ccccc43)C2=O)c1. The first-order valence-electron chi connectivity index (χ1n) is 9.68. The molecule has 0 unspecified atom stereocenters. The molecular formula is C22H23N3O5. The van der Waals surface area contributed by atoms with Gasteiger partial charge in [-0.1, -0.05) is 24.3 Å². The van der Waals surface area contributed by atoms with E-state index in [1.807, 2.05) is 24.3 Å². The van der Waals surface area contributed by atoms with Gasteiger partial charge in [0.25, 0.3) is 5.91 Å². The zero-order valence-electron chi connectivity index (χ0n) is 16.9. The molecule has 1 atom stereocenters. The summed E-state index contributed by atoms with van der Waals surface area (Å²) in [6.45, 7) is -0.169. The van der Waals surface area contributed by atoms with Crippen LogP contribution < -0.4 is 20.1 Å². The lowest BCUT2D eigenvalue weighted by Gasteiger charge is -2.22. The largest absolute Gasteiger partial charge is 0.497 e. The Balaban J connectivity index is 1.45. The van der Waals surface area contributed by atoms with Gasteiger partial charge in [0.05, 0.1) is 14.2 Å². The number of urea groups is 1. The Morgan fingerprint density at radius 2 is 1.97 bits per heavy atom. The molecule has 1 saturated heterocycles. The van der Waals surface area contributed by atoms with Gasteiger partial charge in [-0.15, -0.1) is 0 Å². The normalized spacial score (nSPS) is 19.6. The van der Waals surface area contributed by atoms with E-state index in [2.05, 4.69) is 10.6 Å². The summed E-state index contributed by atoms with van der Waals surface area (Å²) in [4.78, 5) is 39.1. The molecular weight excluding hydrogens is 386 g/mol. The van der Waals surface area contributed by atoms with E-state index in [1.54, 1.807) is 32.4 Å². The molecule has 1 heterocycles. The minimum atomic E-state index is -1.07. The maximum atomic E-state index is 13.1. The zero-order chi connectivity index (χ0) is 21.3. The van der Waals surface area contributed by atoms with E-state index >= 15 is 0 Å². The van der Waals surface area contributed by atoms with Crippen LogP contribution in [0.15, 0.2) is 42.5 Å². The molecule has 1 aliphatic carbocycles. The fourth-order valence-corrected chi connectivity index (χ4v) is 4.15. The maximum absolute atomic E-state index is 13.1. The standard InChI is InChI=1S/C22H23N3O5/c1-29-16-7-8-18(30-2)15(11-16)12-23-19(26)13-25-20(27)22(24-21(25)28)10-9-14-5-3-4-6-17(14)22/h3-8,11H,9-10,12-13H2,1-2H3,(H,23,26)(H,24,28)/t22-/m0/s1. The van der Waals surface area contributed by atoms with Crippen molar-refractivity contribution in [1.29, 1.82) is 0 Å². The number of methoxy groups -OCH3 is 2. The van der Waals surface area contributed by atoms with Crippen molar-refractivity contribution < 1.29 is 23.9 Å². The van der Waals surface area contributed by atoms with E-state index in [0.717, 1.165) is 21.6 Å². The molecule has 0 bridgehead atoms. The van der Waals surface area contributed by atoms with Gasteiger partial charge >= 0.3 is 6.03 Å². The van der Waals surface area contributed by atoms with E-state index in [9.17, 15) is 14.4 Å². The van der Waals surface area contributed by atoms with Crippen molar-refractivity contribution in [1.82, 2.24) is 15.5 Å². The van der Waals surface area contributed by atoms with Gasteiger partial charge in [0, 0.05) is 12.1 Å². The lowest BCUT2D eigenvalue weighted by atomic mass is 9.92. The summed E-state index contributed by atoms with van der Waals surface area (Å²) in [5.74, 6) is 0.418. The second-order valence-electron chi connectivity index (χ2n) is 7.34. The van der Waals surface area contributed by atoms with E-state index in [4.69, 9.17) is 9.47 Å². The van der Waals surface area contributed by atoms with Crippen LogP contribution in [0, 0.1) is 0 Å². The Morgan fingerprint density at radius 1 is 1.17 bits per heavy atom. The minimum absolute atomic E-state index is 0.177. The van der Waals surface area contributed by atoms with Crippen molar-refractivity contribution in [2.24, 2.45) is 0 Å². The van der Waals surface area contributed by atoms with Crippen molar-refractivity contribution in [3.8, 4) is 11.5 Å². The molecule has 2 aromatic carbocycles. The monoisotopic (exact) mass is 409 g/mol. The Morgan fingerprint density at radius 3 is 2.73 bits per heavy atom. The molecule has 2 aliphatic rings. The van der Waals surface area contributed by atoms with Crippen molar-refractivity contribution in [3.63, 3.8) is 0 Å². The maximum Gasteiger partial charge on any atom is 0.325 e. The Kier molecular flexibility index (Phi) is 5.07. The summed E-state index contributed by atoms with van der Waals surface area (Å²) >= 11 is 0. The molecule has 4 amide bonds. The first kappa shape index (κ1) is 19.8. The molecule has 1 fully saturated rings. The molecule has 1 aliphatic heterocycles. The van der Waals surface area contributed by atoms with Gasteiger partial charge in [0.15, 0.2) is 0 Å². The number of hydrogen-bond acceptors (Lipinski definition) is 5. The third kappa shape index (κ3) is 3.24. The second kappa shape index (κ2) is 7.70. The van der Waals surface area contributed by atoms with E-state index in [-0.39, 0.29) is 19.0 Å². The first-order valence-corrected chi connectivity index (χ1v) is 9.68. The van der Waals surface area contributed by atoms with E-state index in [0.29, 0.717) is 24.3 Å². The number of nitrogens with zero attached hydrogens (tertiary/aromatic N) is 1. The Bertz CT molecular complexity index is 1020. The molecule has 8 nitrogen and oxygen atoms in total. The average Bonchev–Trinajstić information content (AvgIpc) is 3.25. The van der Waals surface area contributed by atoms with Crippen LogP contribution in [0.1, 0.15) is 23.1 Å². The number of aryl methyl sites for hydroxylation is 1. The van der Waals surface area contributed by atoms with Crippen molar-refractivity contribution in [2.75, 3.05) is 20.8 Å². The summed E-state index contributed by atoms with van der Waals surface area (Å²) in [6.07, 6.45) is 1.20. The predicted molar refractivity (Wildman–Crippen MR) is 108 cm³/mol. The van der Waals surface area contributed by atoms with Crippen molar-refractivity contribution in [3.05, 3.63) is 59.2 Å². The summed E-state index contributed by atoms with van der Waals surface area (Å²) < 4.78 is 10.5. The number of fused-ring (bicyclic) bond motifs is 2. The van der Waals surface area contributed by atoms with Crippen molar-refractivity contribution >= 4 is 17.8 Å². The van der Waals surface area contributed by atoms with Gasteiger partial charge in [-0.2, -0.15) is 0 Å². The smallest absolute Gasteiger partial charge is 0.325 e. The Labute approximate surface area is 174 Å². The molecule has 156 valence electrons. The van der Waals surface area contributed by atoms with Gasteiger partial charge < -0.3 is 20.1 Å². The van der Waals surface area contributed by atoms with Crippen LogP contribution in [0.5, 0.6) is 11.5 Å². The summed E-state index contributed by atoms with van der Waals surface area (Å²) in [7, 11) is 3.10. The highest BCUT2D eigenvalue weighted by Gasteiger charge is 2.55. The zero-order valence-corrected chi connectivity index (χ0v) is 16.9. The average molecular weight is 409 g/mol. The third-order valence-electron chi connectivity index (χ3n) is 5.69. The lowest BCUT2D eigenvalue weighted by Crippen LogP contribution is -2.43. The van der Waals surface area contributed by atoms with E-state index < -0.39 is 17.5 Å². The second-order valence-corrected chi connectivity index (χ2v) is 7.34. The highest BCUT2D eigenvalue weighted by molar-refractivity contribution is 6.09. The number of hydrogen-bond donors (Lipinski definition) is 2.